The highest BCUT2D eigenvalue weighted by Crippen LogP contribution is 2.27. The van der Waals surface area contributed by atoms with Crippen molar-refractivity contribution in [3.05, 3.63) is 23.2 Å². The second-order valence-electron chi connectivity index (χ2n) is 3.81. The maximum absolute atomic E-state index is 4.98. The first-order valence-corrected chi connectivity index (χ1v) is 6.63. The van der Waals surface area contributed by atoms with E-state index in [0.717, 1.165) is 17.2 Å². The fourth-order valence-corrected chi connectivity index (χ4v) is 2.46. The molecular formula is C12H16N4OS. The SMILES string of the molecule is CCNC(C)c1cnc(-c2ccc(OC)nn2)s1. The third-order valence-electron chi connectivity index (χ3n) is 2.53. The third-order valence-corrected chi connectivity index (χ3v) is 3.73. The summed E-state index contributed by atoms with van der Waals surface area (Å²) >= 11 is 1.63. The first-order valence-electron chi connectivity index (χ1n) is 5.81. The normalized spacial score (nSPS) is 12.4. The molecule has 0 saturated carbocycles. The van der Waals surface area contributed by atoms with Crippen molar-refractivity contribution in [3.63, 3.8) is 0 Å². The standard InChI is InChI=1S/C12H16N4OS/c1-4-13-8(2)10-7-14-12(18-10)9-5-6-11(17-3)16-15-9/h5-8,13H,4H2,1-3H3. The molecule has 0 aliphatic carbocycles. The summed E-state index contributed by atoms with van der Waals surface area (Å²) in [5.74, 6) is 0.511. The van der Waals surface area contributed by atoms with E-state index < -0.39 is 0 Å². The van der Waals surface area contributed by atoms with Crippen molar-refractivity contribution in [1.29, 1.82) is 0 Å². The lowest BCUT2D eigenvalue weighted by atomic mass is 10.3. The van der Waals surface area contributed by atoms with Gasteiger partial charge in [-0.2, -0.15) is 0 Å². The van der Waals surface area contributed by atoms with E-state index in [4.69, 9.17) is 4.74 Å². The van der Waals surface area contributed by atoms with Crippen LogP contribution in [0.15, 0.2) is 18.3 Å². The molecule has 1 N–H and O–H groups in total. The highest BCUT2D eigenvalue weighted by molar-refractivity contribution is 7.15. The molecule has 0 amide bonds. The predicted molar refractivity (Wildman–Crippen MR) is 71.8 cm³/mol. The highest BCUT2D eigenvalue weighted by Gasteiger charge is 2.11. The number of aromatic nitrogens is 3. The van der Waals surface area contributed by atoms with Gasteiger partial charge < -0.3 is 10.1 Å². The van der Waals surface area contributed by atoms with E-state index >= 15 is 0 Å². The maximum Gasteiger partial charge on any atom is 0.233 e. The Balaban J connectivity index is 2.18. The minimum atomic E-state index is 0.312. The summed E-state index contributed by atoms with van der Waals surface area (Å²) in [4.78, 5) is 5.58. The summed E-state index contributed by atoms with van der Waals surface area (Å²) in [5.41, 5.74) is 0.774. The Bertz CT molecular complexity index is 497. The average molecular weight is 264 g/mol. The molecule has 1 unspecified atom stereocenters. The molecule has 2 rings (SSSR count). The van der Waals surface area contributed by atoms with Crippen LogP contribution in [0, 0.1) is 0 Å². The first kappa shape index (κ1) is 12.9. The molecule has 0 spiro atoms. The van der Waals surface area contributed by atoms with Crippen LogP contribution in [0.1, 0.15) is 24.8 Å². The molecule has 0 aliphatic rings. The zero-order valence-corrected chi connectivity index (χ0v) is 11.5. The van der Waals surface area contributed by atoms with Crippen molar-refractivity contribution in [3.8, 4) is 16.6 Å². The molecule has 0 aromatic carbocycles. The van der Waals surface area contributed by atoms with Crippen molar-refractivity contribution in [2.75, 3.05) is 13.7 Å². The predicted octanol–water partition coefficient (Wildman–Crippen LogP) is 2.28. The summed E-state index contributed by atoms with van der Waals surface area (Å²) in [6.07, 6.45) is 1.89. The second kappa shape index (κ2) is 5.88. The number of hydrogen-bond donors (Lipinski definition) is 1. The number of nitrogens with zero attached hydrogens (tertiary/aromatic N) is 3. The molecule has 1 atom stereocenters. The second-order valence-corrected chi connectivity index (χ2v) is 4.87. The van der Waals surface area contributed by atoms with Gasteiger partial charge in [0.2, 0.25) is 5.88 Å². The zero-order valence-electron chi connectivity index (χ0n) is 10.7. The third kappa shape index (κ3) is 2.83. The molecule has 5 nitrogen and oxygen atoms in total. The fourth-order valence-electron chi connectivity index (χ4n) is 1.55. The van der Waals surface area contributed by atoms with Crippen molar-refractivity contribution in [1.82, 2.24) is 20.5 Å². The van der Waals surface area contributed by atoms with Crippen LogP contribution in [-0.4, -0.2) is 28.8 Å². The summed E-state index contributed by atoms with van der Waals surface area (Å²) in [5, 5.41) is 12.3. The molecular weight excluding hydrogens is 248 g/mol. The molecule has 0 bridgehead atoms. The molecule has 0 saturated heterocycles. The molecule has 2 aromatic rings. The molecule has 0 fully saturated rings. The highest BCUT2D eigenvalue weighted by atomic mass is 32.1. The molecule has 96 valence electrons. The smallest absolute Gasteiger partial charge is 0.233 e. The van der Waals surface area contributed by atoms with Crippen molar-refractivity contribution in [2.24, 2.45) is 0 Å². The van der Waals surface area contributed by atoms with Gasteiger partial charge in [-0.3, -0.25) is 0 Å². The van der Waals surface area contributed by atoms with Crippen LogP contribution in [0.4, 0.5) is 0 Å². The summed E-state index contributed by atoms with van der Waals surface area (Å²) in [7, 11) is 1.57. The number of methoxy groups -OCH3 is 1. The molecule has 0 aliphatic heterocycles. The van der Waals surface area contributed by atoms with E-state index in [2.05, 4.69) is 34.3 Å². The lowest BCUT2D eigenvalue weighted by Crippen LogP contribution is -2.16. The van der Waals surface area contributed by atoms with Gasteiger partial charge in [0.1, 0.15) is 10.7 Å². The van der Waals surface area contributed by atoms with Crippen molar-refractivity contribution in [2.45, 2.75) is 19.9 Å². The lowest BCUT2D eigenvalue weighted by Gasteiger charge is -2.07. The van der Waals surface area contributed by atoms with Gasteiger partial charge in [-0.05, 0) is 19.5 Å². The van der Waals surface area contributed by atoms with Gasteiger partial charge in [0.05, 0.1) is 7.11 Å². The molecule has 2 aromatic heterocycles. The van der Waals surface area contributed by atoms with Gasteiger partial charge in [-0.15, -0.1) is 21.5 Å². The van der Waals surface area contributed by atoms with Gasteiger partial charge >= 0.3 is 0 Å². The molecule has 6 heteroatoms. The average Bonchev–Trinajstić information content (AvgIpc) is 2.89. The summed E-state index contributed by atoms with van der Waals surface area (Å²) < 4.78 is 4.98. The Morgan fingerprint density at radius 3 is 2.83 bits per heavy atom. The van der Waals surface area contributed by atoms with Gasteiger partial charge in [-0.25, -0.2) is 4.98 Å². The number of rotatable bonds is 5. The van der Waals surface area contributed by atoms with E-state index in [1.807, 2.05) is 12.3 Å². The van der Waals surface area contributed by atoms with Crippen LogP contribution in [0.5, 0.6) is 5.88 Å². The Morgan fingerprint density at radius 2 is 2.22 bits per heavy atom. The molecule has 2 heterocycles. The van der Waals surface area contributed by atoms with Crippen molar-refractivity contribution < 1.29 is 4.74 Å². The summed E-state index contributed by atoms with van der Waals surface area (Å²) in [6.45, 7) is 5.16. The summed E-state index contributed by atoms with van der Waals surface area (Å²) in [6, 6.07) is 3.97. The largest absolute Gasteiger partial charge is 0.480 e. The van der Waals surface area contributed by atoms with Crippen LogP contribution < -0.4 is 10.1 Å². The van der Waals surface area contributed by atoms with Crippen LogP contribution >= 0.6 is 11.3 Å². The minimum Gasteiger partial charge on any atom is -0.480 e. The number of ether oxygens (including phenoxy) is 1. The van der Waals surface area contributed by atoms with Crippen LogP contribution in [0.25, 0.3) is 10.7 Å². The molecule has 0 radical (unpaired) electrons. The minimum absolute atomic E-state index is 0.312. The van der Waals surface area contributed by atoms with Crippen LogP contribution in [-0.2, 0) is 0 Å². The van der Waals surface area contributed by atoms with E-state index in [-0.39, 0.29) is 0 Å². The number of thiazole rings is 1. The van der Waals surface area contributed by atoms with E-state index in [0.29, 0.717) is 11.9 Å². The van der Waals surface area contributed by atoms with Gasteiger partial charge in [-0.1, -0.05) is 6.92 Å². The van der Waals surface area contributed by atoms with Gasteiger partial charge in [0, 0.05) is 23.2 Å². The van der Waals surface area contributed by atoms with E-state index in [1.54, 1.807) is 24.5 Å². The quantitative estimate of drug-likeness (QED) is 0.897. The Hall–Kier alpha value is -1.53. The van der Waals surface area contributed by atoms with Crippen LogP contribution in [0.3, 0.4) is 0 Å². The Kier molecular flexibility index (Phi) is 4.22. The Morgan fingerprint density at radius 1 is 1.39 bits per heavy atom. The molecule has 18 heavy (non-hydrogen) atoms. The first-order chi connectivity index (χ1) is 8.74. The number of nitrogens with one attached hydrogen (secondary N) is 1. The van der Waals surface area contributed by atoms with Crippen LogP contribution in [0.2, 0.25) is 0 Å². The lowest BCUT2D eigenvalue weighted by molar-refractivity contribution is 0.392. The van der Waals surface area contributed by atoms with Gasteiger partial charge in [0.25, 0.3) is 0 Å². The van der Waals surface area contributed by atoms with Gasteiger partial charge in [0.15, 0.2) is 0 Å². The monoisotopic (exact) mass is 264 g/mol. The topological polar surface area (TPSA) is 59.9 Å². The Labute approximate surface area is 110 Å². The van der Waals surface area contributed by atoms with E-state index in [9.17, 15) is 0 Å². The number of hydrogen-bond acceptors (Lipinski definition) is 6. The fraction of sp³-hybridized carbons (Fsp3) is 0.417. The zero-order chi connectivity index (χ0) is 13.0. The van der Waals surface area contributed by atoms with Crippen molar-refractivity contribution >= 4 is 11.3 Å². The van der Waals surface area contributed by atoms with E-state index in [1.165, 1.54) is 4.88 Å². The maximum atomic E-state index is 4.98.